The number of imide groups is 1. The third-order valence-electron chi connectivity index (χ3n) is 2.82. The van der Waals surface area contributed by atoms with Gasteiger partial charge in [0, 0.05) is 18.7 Å². The van der Waals surface area contributed by atoms with Crippen LogP contribution in [0.25, 0.3) is 6.08 Å². The predicted molar refractivity (Wildman–Crippen MR) is 68.8 cm³/mol. The van der Waals surface area contributed by atoms with Crippen molar-refractivity contribution in [1.82, 2.24) is 10.2 Å². The van der Waals surface area contributed by atoms with Crippen LogP contribution >= 0.6 is 0 Å². The van der Waals surface area contributed by atoms with E-state index in [1.54, 1.807) is 31.4 Å². The number of likely N-dealkylation sites (N-methyl/N-ethyl adjacent to an activating group) is 1. The second kappa shape index (κ2) is 5.01. The van der Waals surface area contributed by atoms with Crippen molar-refractivity contribution in [2.75, 3.05) is 21.3 Å². The summed E-state index contributed by atoms with van der Waals surface area (Å²) in [6.45, 7) is 0. The second-order valence-corrected chi connectivity index (χ2v) is 3.96. The van der Waals surface area contributed by atoms with Crippen LogP contribution in [-0.4, -0.2) is 38.1 Å². The van der Waals surface area contributed by atoms with Crippen LogP contribution in [0.5, 0.6) is 11.5 Å². The van der Waals surface area contributed by atoms with E-state index in [2.05, 4.69) is 5.32 Å². The Morgan fingerprint density at radius 1 is 1.21 bits per heavy atom. The van der Waals surface area contributed by atoms with Crippen LogP contribution in [0.15, 0.2) is 23.9 Å². The lowest BCUT2D eigenvalue weighted by molar-refractivity contribution is -0.121. The van der Waals surface area contributed by atoms with Gasteiger partial charge in [-0.2, -0.15) is 0 Å². The molecule has 6 nitrogen and oxygen atoms in total. The van der Waals surface area contributed by atoms with E-state index in [1.165, 1.54) is 14.2 Å². The number of methoxy groups -OCH3 is 2. The molecule has 1 aliphatic rings. The first-order valence-electron chi connectivity index (χ1n) is 5.59. The molecule has 1 heterocycles. The van der Waals surface area contributed by atoms with Crippen molar-refractivity contribution in [1.29, 1.82) is 0 Å². The van der Waals surface area contributed by atoms with E-state index in [-0.39, 0.29) is 11.6 Å². The summed E-state index contributed by atoms with van der Waals surface area (Å²) in [5.74, 6) is 0.837. The van der Waals surface area contributed by atoms with Crippen molar-refractivity contribution < 1.29 is 19.1 Å². The molecule has 1 aromatic rings. The normalized spacial score (nSPS) is 16.8. The van der Waals surface area contributed by atoms with Gasteiger partial charge in [-0.3, -0.25) is 9.69 Å². The van der Waals surface area contributed by atoms with Crippen LogP contribution < -0.4 is 14.8 Å². The number of hydrogen-bond acceptors (Lipinski definition) is 4. The van der Waals surface area contributed by atoms with Gasteiger partial charge in [0.1, 0.15) is 17.2 Å². The number of ether oxygens (including phenoxy) is 2. The molecule has 100 valence electrons. The molecule has 1 aromatic carbocycles. The molecule has 1 N–H and O–H groups in total. The van der Waals surface area contributed by atoms with Gasteiger partial charge < -0.3 is 14.8 Å². The minimum Gasteiger partial charge on any atom is -0.497 e. The molecule has 0 bridgehead atoms. The van der Waals surface area contributed by atoms with Crippen molar-refractivity contribution in [3.8, 4) is 11.5 Å². The van der Waals surface area contributed by atoms with Gasteiger partial charge in [-0.25, -0.2) is 4.79 Å². The number of benzene rings is 1. The third-order valence-corrected chi connectivity index (χ3v) is 2.82. The Labute approximate surface area is 110 Å². The highest BCUT2D eigenvalue weighted by atomic mass is 16.5. The van der Waals surface area contributed by atoms with Crippen LogP contribution in [0.2, 0.25) is 0 Å². The predicted octanol–water partition coefficient (Wildman–Crippen LogP) is 1.23. The number of amides is 3. The van der Waals surface area contributed by atoms with Gasteiger partial charge in [-0.15, -0.1) is 0 Å². The van der Waals surface area contributed by atoms with E-state index in [0.717, 1.165) is 4.90 Å². The van der Waals surface area contributed by atoms with Crippen LogP contribution in [-0.2, 0) is 4.79 Å². The molecule has 0 radical (unpaired) electrons. The van der Waals surface area contributed by atoms with Gasteiger partial charge in [0.15, 0.2) is 0 Å². The second-order valence-electron chi connectivity index (χ2n) is 3.96. The summed E-state index contributed by atoms with van der Waals surface area (Å²) in [5, 5.41) is 2.49. The molecule has 0 spiro atoms. The Morgan fingerprint density at radius 2 is 1.95 bits per heavy atom. The van der Waals surface area contributed by atoms with Gasteiger partial charge in [0.2, 0.25) is 0 Å². The van der Waals surface area contributed by atoms with Gasteiger partial charge in [-0.1, -0.05) is 0 Å². The van der Waals surface area contributed by atoms with E-state index < -0.39 is 6.03 Å². The van der Waals surface area contributed by atoms with Gasteiger partial charge in [0.25, 0.3) is 5.91 Å². The maximum Gasteiger partial charge on any atom is 0.328 e. The summed E-state index contributed by atoms with van der Waals surface area (Å²) in [6.07, 6.45) is 1.57. The zero-order valence-electron chi connectivity index (χ0n) is 10.9. The number of nitrogens with zero attached hydrogens (tertiary/aromatic N) is 1. The van der Waals surface area contributed by atoms with E-state index in [0.29, 0.717) is 17.1 Å². The quantitative estimate of drug-likeness (QED) is 0.657. The maximum atomic E-state index is 11.8. The van der Waals surface area contributed by atoms with E-state index in [1.807, 2.05) is 0 Å². The van der Waals surface area contributed by atoms with Crippen LogP contribution in [0.3, 0.4) is 0 Å². The molecule has 1 saturated heterocycles. The average Bonchev–Trinajstić information content (AvgIpc) is 2.67. The molecule has 1 aliphatic heterocycles. The van der Waals surface area contributed by atoms with Crippen LogP contribution in [0, 0.1) is 0 Å². The summed E-state index contributed by atoms with van der Waals surface area (Å²) in [6, 6.07) is 4.77. The summed E-state index contributed by atoms with van der Waals surface area (Å²) >= 11 is 0. The minimum atomic E-state index is -0.441. The third kappa shape index (κ3) is 2.37. The van der Waals surface area contributed by atoms with Gasteiger partial charge in [-0.05, 0) is 18.2 Å². The standard InChI is InChI=1S/C13H14N2O4/c1-15-12(16)10(14-13(15)17)6-8-4-5-9(18-2)7-11(8)19-3/h4-7H,1-3H3,(H,14,17)/b10-6+. The SMILES string of the molecule is COc1ccc(/C=C2/NC(=O)N(C)C2=O)c(OC)c1. The first-order chi connectivity index (χ1) is 9.06. The summed E-state index contributed by atoms with van der Waals surface area (Å²) in [4.78, 5) is 24.1. The largest absolute Gasteiger partial charge is 0.497 e. The molecule has 19 heavy (non-hydrogen) atoms. The fourth-order valence-corrected chi connectivity index (χ4v) is 1.72. The van der Waals surface area contributed by atoms with Crippen molar-refractivity contribution in [3.63, 3.8) is 0 Å². The van der Waals surface area contributed by atoms with E-state index in [9.17, 15) is 9.59 Å². The lowest BCUT2D eigenvalue weighted by atomic mass is 10.1. The molecule has 3 amide bonds. The summed E-state index contributed by atoms with van der Waals surface area (Å²) < 4.78 is 10.3. The molecule has 1 fully saturated rings. The molecule has 2 rings (SSSR count). The van der Waals surface area contributed by atoms with Crippen LogP contribution in [0.4, 0.5) is 4.79 Å². The highest BCUT2D eigenvalue weighted by molar-refractivity contribution is 6.13. The van der Waals surface area contributed by atoms with Crippen molar-refractivity contribution in [2.45, 2.75) is 0 Å². The number of nitrogens with one attached hydrogen (secondary N) is 1. The fourth-order valence-electron chi connectivity index (χ4n) is 1.72. The van der Waals surface area contributed by atoms with Crippen molar-refractivity contribution in [2.24, 2.45) is 0 Å². The molecule has 0 atom stereocenters. The fraction of sp³-hybridized carbons (Fsp3) is 0.231. The summed E-state index contributed by atoms with van der Waals surface area (Å²) in [7, 11) is 4.50. The first kappa shape index (κ1) is 12.9. The lowest BCUT2D eigenvalue weighted by Gasteiger charge is -2.07. The Bertz CT molecular complexity index is 566. The highest BCUT2D eigenvalue weighted by Crippen LogP contribution is 2.27. The molecule has 0 unspecified atom stereocenters. The monoisotopic (exact) mass is 262 g/mol. The Hall–Kier alpha value is -2.50. The highest BCUT2D eigenvalue weighted by Gasteiger charge is 2.30. The Morgan fingerprint density at radius 3 is 2.47 bits per heavy atom. The molecule has 0 aromatic heterocycles. The van der Waals surface area contributed by atoms with E-state index >= 15 is 0 Å². The molecule has 6 heteroatoms. The molecule has 0 aliphatic carbocycles. The number of urea groups is 1. The average molecular weight is 262 g/mol. The molecule has 0 saturated carbocycles. The number of hydrogen-bond donors (Lipinski definition) is 1. The lowest BCUT2D eigenvalue weighted by Crippen LogP contribution is -2.25. The Kier molecular flexibility index (Phi) is 3.41. The molecular weight excluding hydrogens is 248 g/mol. The van der Waals surface area contributed by atoms with E-state index in [4.69, 9.17) is 9.47 Å². The topological polar surface area (TPSA) is 67.9 Å². The number of carbonyl (C=O) groups is 2. The molecular formula is C13H14N2O4. The van der Waals surface area contributed by atoms with Gasteiger partial charge in [0.05, 0.1) is 14.2 Å². The minimum absolute atomic E-state index is 0.218. The summed E-state index contributed by atoms with van der Waals surface area (Å²) in [5.41, 5.74) is 0.901. The smallest absolute Gasteiger partial charge is 0.328 e. The van der Waals surface area contributed by atoms with Crippen molar-refractivity contribution >= 4 is 18.0 Å². The van der Waals surface area contributed by atoms with Crippen LogP contribution in [0.1, 0.15) is 5.56 Å². The number of carbonyl (C=O) groups excluding carboxylic acids is 2. The Balaban J connectivity index is 2.38. The first-order valence-corrected chi connectivity index (χ1v) is 5.59. The number of rotatable bonds is 3. The zero-order valence-corrected chi connectivity index (χ0v) is 10.9. The van der Waals surface area contributed by atoms with Crippen molar-refractivity contribution in [3.05, 3.63) is 29.5 Å². The maximum absolute atomic E-state index is 11.8. The van der Waals surface area contributed by atoms with Gasteiger partial charge >= 0.3 is 6.03 Å². The zero-order chi connectivity index (χ0) is 14.0.